The monoisotopic (exact) mass is 316 g/mol. The highest BCUT2D eigenvalue weighted by Gasteiger charge is 2.45. The first kappa shape index (κ1) is 14.3. The van der Waals surface area contributed by atoms with E-state index >= 15 is 0 Å². The molecular formula is C16H21FN6. The number of aromatic nitrogens is 1. The number of H-pyrrole nitrogens is 1. The Hall–Kier alpha value is -2.28. The fourth-order valence-corrected chi connectivity index (χ4v) is 4.00. The van der Waals surface area contributed by atoms with Gasteiger partial charge in [-0.2, -0.15) is 0 Å². The molecule has 2 unspecified atom stereocenters. The Bertz CT molecular complexity index is 785. The Labute approximate surface area is 133 Å². The van der Waals surface area contributed by atoms with Crippen molar-refractivity contribution in [2.45, 2.75) is 12.5 Å². The summed E-state index contributed by atoms with van der Waals surface area (Å²) in [6.07, 6.45) is 1.15. The molecule has 3 heterocycles. The van der Waals surface area contributed by atoms with Gasteiger partial charge in [0, 0.05) is 31.6 Å². The van der Waals surface area contributed by atoms with Gasteiger partial charge in [-0.05, 0) is 30.4 Å². The van der Waals surface area contributed by atoms with Gasteiger partial charge in [0.25, 0.3) is 0 Å². The van der Waals surface area contributed by atoms with Gasteiger partial charge in [-0.3, -0.25) is 5.41 Å². The number of aromatic amines is 1. The van der Waals surface area contributed by atoms with Crippen LogP contribution in [0, 0.1) is 23.1 Å². The average molecular weight is 316 g/mol. The summed E-state index contributed by atoms with van der Waals surface area (Å²) in [6, 6.07) is 3.11. The second-order valence-corrected chi connectivity index (χ2v) is 6.63. The molecule has 2 bridgehead atoms. The molecule has 2 saturated heterocycles. The van der Waals surface area contributed by atoms with E-state index < -0.39 is 0 Å². The van der Waals surface area contributed by atoms with Gasteiger partial charge < -0.3 is 26.7 Å². The molecule has 6 nitrogen and oxygen atoms in total. The molecule has 1 aliphatic carbocycles. The van der Waals surface area contributed by atoms with E-state index in [2.05, 4.69) is 10.3 Å². The van der Waals surface area contributed by atoms with Crippen LogP contribution in [-0.4, -0.2) is 41.9 Å². The molecule has 0 amide bonds. The molecule has 3 fully saturated rings. The molecule has 0 radical (unpaired) electrons. The fraction of sp³-hybridized carbons (Fsp3) is 0.438. The van der Waals surface area contributed by atoms with Gasteiger partial charge in [0.05, 0.1) is 16.8 Å². The SMILES string of the molecule is CNc1cc(F)cc2c(C(=N)N3CC4CC(C3)C4N)c(N)[nH]c12. The van der Waals surface area contributed by atoms with Crippen molar-refractivity contribution in [3.63, 3.8) is 0 Å². The van der Waals surface area contributed by atoms with Crippen LogP contribution in [0.25, 0.3) is 10.9 Å². The molecule has 1 aromatic carbocycles. The first-order valence-corrected chi connectivity index (χ1v) is 7.87. The van der Waals surface area contributed by atoms with Crippen LogP contribution in [0.5, 0.6) is 0 Å². The Balaban J connectivity index is 1.75. The van der Waals surface area contributed by atoms with Crippen molar-refractivity contribution in [2.24, 2.45) is 17.6 Å². The molecule has 2 atom stereocenters. The van der Waals surface area contributed by atoms with E-state index in [1.807, 2.05) is 4.90 Å². The number of nitrogens with two attached hydrogens (primary N) is 2. The van der Waals surface area contributed by atoms with E-state index in [4.69, 9.17) is 16.9 Å². The van der Waals surface area contributed by atoms with Crippen molar-refractivity contribution in [3.05, 3.63) is 23.5 Å². The first-order chi connectivity index (χ1) is 11.0. The van der Waals surface area contributed by atoms with E-state index in [9.17, 15) is 4.39 Å². The van der Waals surface area contributed by atoms with Crippen molar-refractivity contribution in [1.82, 2.24) is 9.88 Å². The number of piperidine rings is 2. The highest BCUT2D eigenvalue weighted by molar-refractivity contribution is 6.14. The summed E-state index contributed by atoms with van der Waals surface area (Å²) in [4.78, 5) is 5.10. The topological polar surface area (TPSA) is 107 Å². The number of nitrogen functional groups attached to an aromatic ring is 1. The largest absolute Gasteiger partial charge is 0.386 e. The zero-order chi connectivity index (χ0) is 16.3. The molecule has 1 aromatic heterocycles. The molecule has 7 heteroatoms. The maximum absolute atomic E-state index is 13.9. The Morgan fingerprint density at radius 2 is 2.09 bits per heavy atom. The summed E-state index contributed by atoms with van der Waals surface area (Å²) in [6.45, 7) is 1.55. The van der Waals surface area contributed by atoms with E-state index in [1.165, 1.54) is 12.1 Å². The summed E-state index contributed by atoms with van der Waals surface area (Å²) in [5.74, 6) is 1.30. The number of anilines is 2. The maximum atomic E-state index is 13.9. The third kappa shape index (κ3) is 1.99. The second kappa shape index (κ2) is 4.86. The molecule has 2 aromatic rings. The highest BCUT2D eigenvalue weighted by Crippen LogP contribution is 2.40. The van der Waals surface area contributed by atoms with E-state index in [1.54, 1.807) is 7.05 Å². The van der Waals surface area contributed by atoms with Crippen LogP contribution in [-0.2, 0) is 0 Å². The predicted molar refractivity (Wildman–Crippen MR) is 90.2 cm³/mol. The summed E-state index contributed by atoms with van der Waals surface area (Å²) >= 11 is 0. The molecule has 2 aliphatic heterocycles. The normalized spacial score (nSPS) is 26.2. The Kier molecular flexibility index (Phi) is 3.02. The lowest BCUT2D eigenvalue weighted by atomic mass is 9.66. The van der Waals surface area contributed by atoms with Gasteiger partial charge in [-0.25, -0.2) is 4.39 Å². The number of fused-ring (bicyclic) bond motifs is 3. The van der Waals surface area contributed by atoms with Crippen LogP contribution in [0.4, 0.5) is 15.9 Å². The Morgan fingerprint density at radius 3 is 2.70 bits per heavy atom. The molecule has 1 saturated carbocycles. The van der Waals surface area contributed by atoms with Crippen LogP contribution in [0.3, 0.4) is 0 Å². The number of amidine groups is 1. The Morgan fingerprint density at radius 1 is 1.39 bits per heavy atom. The first-order valence-electron chi connectivity index (χ1n) is 7.87. The molecule has 23 heavy (non-hydrogen) atoms. The number of nitrogens with zero attached hydrogens (tertiary/aromatic N) is 1. The molecular weight excluding hydrogens is 295 g/mol. The highest BCUT2D eigenvalue weighted by atomic mass is 19.1. The van der Waals surface area contributed by atoms with Crippen LogP contribution in [0.2, 0.25) is 0 Å². The van der Waals surface area contributed by atoms with Crippen LogP contribution in [0.1, 0.15) is 12.0 Å². The minimum Gasteiger partial charge on any atom is -0.386 e. The molecule has 5 rings (SSSR count). The van der Waals surface area contributed by atoms with Crippen molar-refractivity contribution in [3.8, 4) is 0 Å². The summed E-state index contributed by atoms with van der Waals surface area (Å²) in [7, 11) is 1.73. The number of nitrogens with one attached hydrogen (secondary N) is 3. The lowest BCUT2D eigenvalue weighted by Crippen LogP contribution is -2.62. The third-order valence-corrected chi connectivity index (χ3v) is 5.33. The quantitative estimate of drug-likeness (QED) is 0.428. The van der Waals surface area contributed by atoms with Crippen LogP contribution in [0.15, 0.2) is 12.1 Å². The van der Waals surface area contributed by atoms with Gasteiger partial charge in [-0.1, -0.05) is 0 Å². The van der Waals surface area contributed by atoms with E-state index in [0.29, 0.717) is 40.1 Å². The number of benzene rings is 1. The number of halogens is 1. The minimum atomic E-state index is -0.349. The molecule has 0 spiro atoms. The van der Waals surface area contributed by atoms with Gasteiger partial charge >= 0.3 is 0 Å². The van der Waals surface area contributed by atoms with Crippen molar-refractivity contribution >= 4 is 28.2 Å². The molecule has 122 valence electrons. The third-order valence-electron chi connectivity index (χ3n) is 5.33. The smallest absolute Gasteiger partial charge is 0.132 e. The van der Waals surface area contributed by atoms with E-state index in [0.717, 1.165) is 25.0 Å². The standard InChI is InChI=1S/C16H21FN6/c1-21-11-4-9(17)3-10-12(15(19)22-14(10)11)16(20)23-5-7-2-8(6-23)13(7)18/h3-4,7-8,13,20-22H,2,5-6,18-19H2,1H3. The molecule has 7 N–H and O–H groups in total. The number of hydrogen-bond acceptors (Lipinski definition) is 4. The molecule has 3 aliphatic rings. The lowest BCUT2D eigenvalue weighted by molar-refractivity contribution is 0.0390. The zero-order valence-electron chi connectivity index (χ0n) is 13.0. The van der Waals surface area contributed by atoms with Crippen molar-refractivity contribution in [2.75, 3.05) is 31.2 Å². The maximum Gasteiger partial charge on any atom is 0.132 e. The summed E-state index contributed by atoms with van der Waals surface area (Å²) in [5.41, 5.74) is 14.1. The van der Waals surface area contributed by atoms with Crippen molar-refractivity contribution < 1.29 is 4.39 Å². The van der Waals surface area contributed by atoms with Crippen LogP contribution >= 0.6 is 0 Å². The lowest BCUT2D eigenvalue weighted by Gasteiger charge is -2.52. The fourth-order valence-electron chi connectivity index (χ4n) is 4.00. The van der Waals surface area contributed by atoms with Crippen LogP contribution < -0.4 is 16.8 Å². The van der Waals surface area contributed by atoms with Crippen molar-refractivity contribution in [1.29, 1.82) is 5.41 Å². The number of hydrogen-bond donors (Lipinski definition) is 5. The summed E-state index contributed by atoms with van der Waals surface area (Å²) < 4.78 is 13.9. The second-order valence-electron chi connectivity index (χ2n) is 6.63. The van der Waals surface area contributed by atoms with Gasteiger partial charge in [0.1, 0.15) is 17.5 Å². The van der Waals surface area contributed by atoms with Gasteiger partial charge in [0.15, 0.2) is 0 Å². The van der Waals surface area contributed by atoms with E-state index in [-0.39, 0.29) is 11.9 Å². The number of rotatable bonds is 2. The average Bonchev–Trinajstić information content (AvgIpc) is 2.88. The summed E-state index contributed by atoms with van der Waals surface area (Å²) in [5, 5.41) is 12.2. The van der Waals surface area contributed by atoms with Gasteiger partial charge in [-0.15, -0.1) is 0 Å². The zero-order valence-corrected chi connectivity index (χ0v) is 13.0. The van der Waals surface area contributed by atoms with Gasteiger partial charge in [0.2, 0.25) is 0 Å². The predicted octanol–water partition coefficient (Wildman–Crippen LogP) is 1.54. The minimum absolute atomic E-state index is 0.257.